The van der Waals surface area contributed by atoms with Gasteiger partial charge in [0, 0.05) is 55.0 Å². The highest BCUT2D eigenvalue weighted by atomic mass is 16.3. The number of carbonyl (C=O) groups excluding carboxylic acids is 2. The van der Waals surface area contributed by atoms with Crippen molar-refractivity contribution in [1.82, 2.24) is 15.2 Å². The van der Waals surface area contributed by atoms with Crippen LogP contribution in [0.2, 0.25) is 0 Å². The van der Waals surface area contributed by atoms with Crippen LogP contribution in [0.4, 0.5) is 0 Å². The van der Waals surface area contributed by atoms with Crippen molar-refractivity contribution in [2.24, 2.45) is 22.9 Å². The fourth-order valence-corrected chi connectivity index (χ4v) is 4.13. The topological polar surface area (TPSA) is 169 Å². The number of carbonyl (C=O) groups is 2. The van der Waals surface area contributed by atoms with E-state index in [0.717, 1.165) is 12.8 Å². The van der Waals surface area contributed by atoms with E-state index in [0.29, 0.717) is 17.7 Å². The molecule has 0 spiro atoms. The molecule has 2 rings (SSSR count). The van der Waals surface area contributed by atoms with Crippen LogP contribution in [0.15, 0.2) is 23.2 Å². The lowest BCUT2D eigenvalue weighted by molar-refractivity contribution is -0.145. The van der Waals surface area contributed by atoms with Gasteiger partial charge in [0.2, 0.25) is 11.8 Å². The second-order valence-corrected chi connectivity index (χ2v) is 10.1. The Morgan fingerprint density at radius 1 is 1.33 bits per heavy atom. The average Bonchev–Trinajstić information content (AvgIpc) is 3.48. The van der Waals surface area contributed by atoms with Crippen molar-refractivity contribution in [3.8, 4) is 0 Å². The van der Waals surface area contributed by atoms with Gasteiger partial charge in [0.1, 0.15) is 12.1 Å². The van der Waals surface area contributed by atoms with Gasteiger partial charge in [-0.15, -0.1) is 0 Å². The summed E-state index contributed by atoms with van der Waals surface area (Å²) >= 11 is 0. The number of amides is 2. The normalized spacial score (nSPS) is 23.1. The first-order valence-electron chi connectivity index (χ1n) is 11.5. The van der Waals surface area contributed by atoms with Crippen molar-refractivity contribution >= 4 is 17.5 Å². The van der Waals surface area contributed by atoms with Gasteiger partial charge in [0.15, 0.2) is 0 Å². The second kappa shape index (κ2) is 10.6. The van der Waals surface area contributed by atoms with E-state index in [4.69, 9.17) is 17.0 Å². The van der Waals surface area contributed by atoms with Crippen LogP contribution in [-0.2, 0) is 9.59 Å². The summed E-state index contributed by atoms with van der Waals surface area (Å²) in [6, 6.07) is -1.68. The molecule has 1 saturated heterocycles. The molecule has 3 unspecified atom stereocenters. The van der Waals surface area contributed by atoms with Crippen LogP contribution in [0, 0.1) is 16.7 Å². The van der Waals surface area contributed by atoms with E-state index in [1.807, 2.05) is 20.8 Å². The molecule has 10 nitrogen and oxygen atoms in total. The van der Waals surface area contributed by atoms with Gasteiger partial charge in [0.05, 0.1) is 11.9 Å². The first-order chi connectivity index (χ1) is 15.3. The molecule has 33 heavy (non-hydrogen) atoms. The third-order valence-electron chi connectivity index (χ3n) is 6.14. The minimum absolute atomic E-state index is 0.0195. The Hall–Kier alpha value is -2.59. The molecule has 1 heterocycles. The molecular weight excluding hydrogens is 424 g/mol. The molecule has 2 aliphatic rings. The molecule has 2 fully saturated rings. The second-order valence-electron chi connectivity index (χ2n) is 10.1. The fourth-order valence-electron chi connectivity index (χ4n) is 4.13. The zero-order valence-electron chi connectivity index (χ0n) is 20.4. The molecule has 2 amide bonds. The zero-order valence-corrected chi connectivity index (χ0v) is 20.4. The summed E-state index contributed by atoms with van der Waals surface area (Å²) in [6.45, 7) is 8.93. The van der Waals surface area contributed by atoms with Crippen molar-refractivity contribution in [1.29, 1.82) is 5.41 Å². The number of hydrogen-bond acceptors (Lipinski definition) is 8. The summed E-state index contributed by atoms with van der Waals surface area (Å²) in [4.78, 5) is 28.0. The Labute approximate surface area is 196 Å². The average molecular weight is 465 g/mol. The Balaban J connectivity index is 2.22. The van der Waals surface area contributed by atoms with Crippen molar-refractivity contribution in [3.63, 3.8) is 0 Å². The summed E-state index contributed by atoms with van der Waals surface area (Å²) in [7, 11) is 0. The molecule has 1 aliphatic carbocycles. The van der Waals surface area contributed by atoms with Crippen molar-refractivity contribution in [3.05, 3.63) is 23.2 Å². The van der Waals surface area contributed by atoms with Crippen LogP contribution in [0.25, 0.3) is 0 Å². The predicted molar refractivity (Wildman–Crippen MR) is 127 cm³/mol. The van der Waals surface area contributed by atoms with Gasteiger partial charge in [-0.05, 0) is 25.2 Å². The molecule has 8 N–H and O–H groups in total. The molecular formula is C23H40N6O4. The van der Waals surface area contributed by atoms with Crippen molar-refractivity contribution < 1.29 is 19.8 Å². The quantitative estimate of drug-likeness (QED) is 0.129. The van der Waals surface area contributed by atoms with E-state index in [2.05, 4.69) is 5.32 Å². The Bertz CT molecular complexity index is 827. The van der Waals surface area contributed by atoms with Crippen LogP contribution in [-0.4, -0.2) is 68.9 Å². The van der Waals surface area contributed by atoms with Gasteiger partial charge >= 0.3 is 0 Å². The lowest BCUT2D eigenvalue weighted by Gasteiger charge is -2.39. The van der Waals surface area contributed by atoms with Gasteiger partial charge in [-0.1, -0.05) is 27.7 Å². The lowest BCUT2D eigenvalue weighted by atomic mass is 9.85. The molecule has 1 aliphatic heterocycles. The molecule has 3 atom stereocenters. The third-order valence-corrected chi connectivity index (χ3v) is 6.14. The summed E-state index contributed by atoms with van der Waals surface area (Å²) in [6.07, 6.45) is 3.21. The van der Waals surface area contributed by atoms with Crippen LogP contribution in [0.3, 0.4) is 0 Å². The van der Waals surface area contributed by atoms with E-state index in [1.165, 1.54) is 16.8 Å². The van der Waals surface area contributed by atoms with E-state index in [-0.39, 0.29) is 42.8 Å². The number of β-amino-alcohol motifs (C(OH)–C–C–N with tert-alkyl or cyclic N) is 1. The largest absolute Gasteiger partial charge is 0.512 e. The number of likely N-dealkylation sites (tertiary alicyclic amines) is 1. The van der Waals surface area contributed by atoms with Crippen LogP contribution >= 0.6 is 0 Å². The van der Waals surface area contributed by atoms with Crippen LogP contribution < -0.4 is 16.9 Å². The van der Waals surface area contributed by atoms with Crippen molar-refractivity contribution in [2.75, 3.05) is 13.1 Å². The monoisotopic (exact) mass is 464 g/mol. The highest BCUT2D eigenvalue weighted by molar-refractivity contribution is 5.97. The highest BCUT2D eigenvalue weighted by Gasteiger charge is 2.45. The van der Waals surface area contributed by atoms with E-state index in [9.17, 15) is 19.8 Å². The first-order valence-corrected chi connectivity index (χ1v) is 11.5. The molecule has 1 saturated carbocycles. The molecule has 0 radical (unpaired) electrons. The number of aliphatic hydroxyl groups excluding tert-OH is 2. The summed E-state index contributed by atoms with van der Waals surface area (Å²) < 4.78 is 0. The number of nitrogens with two attached hydrogens (primary N) is 2. The van der Waals surface area contributed by atoms with E-state index >= 15 is 0 Å². The van der Waals surface area contributed by atoms with Crippen LogP contribution in [0.1, 0.15) is 60.3 Å². The van der Waals surface area contributed by atoms with E-state index in [1.54, 1.807) is 13.1 Å². The number of nitrogens with one attached hydrogen (secondary N) is 2. The van der Waals surface area contributed by atoms with Gasteiger partial charge in [0.25, 0.3) is 0 Å². The number of hydrazine groups is 1. The summed E-state index contributed by atoms with van der Waals surface area (Å²) in [5, 5.41) is 32.2. The Morgan fingerprint density at radius 3 is 2.42 bits per heavy atom. The summed E-state index contributed by atoms with van der Waals surface area (Å²) in [5.41, 5.74) is 6.66. The maximum Gasteiger partial charge on any atom is 0.248 e. The Morgan fingerprint density at radius 2 is 1.94 bits per heavy atom. The van der Waals surface area contributed by atoms with Crippen molar-refractivity contribution in [2.45, 2.75) is 78.5 Å². The highest BCUT2D eigenvalue weighted by Crippen LogP contribution is 2.35. The van der Waals surface area contributed by atoms with Gasteiger partial charge in [-0.25, -0.2) is 5.84 Å². The summed E-state index contributed by atoms with van der Waals surface area (Å²) in [5.74, 6) is 5.79. The SMILES string of the molecule is CC/C(O)=C(\CNC(=O)C1CC(O)CN1C(=O)C(N(N)/C=C(\N)C1CC1)C(C)(C)C)C(C)=N. The predicted octanol–water partition coefficient (Wildman–Crippen LogP) is 1.13. The van der Waals surface area contributed by atoms with Gasteiger partial charge in [-0.3, -0.25) is 9.59 Å². The number of hydrogen-bond donors (Lipinski definition) is 6. The zero-order chi connectivity index (χ0) is 25.1. The molecule has 10 heteroatoms. The Kier molecular flexibility index (Phi) is 8.53. The molecule has 0 aromatic heterocycles. The minimum atomic E-state index is -0.883. The maximum atomic E-state index is 13.6. The standard InChI is InChI=1S/C23H40N6O4/c1-6-19(31)16(13(2)24)10-27-21(32)18-9-15(30)11-28(18)22(33)20(23(3,4)5)29(26)12-17(25)14-7-8-14/h12,14-15,18,20,24,30-31H,6-11,25-26H2,1-5H3,(H,27,32)/b17-12-,19-16-,24-13?. The number of nitrogens with zero attached hydrogens (tertiary/aromatic N) is 2. The van der Waals surface area contributed by atoms with Gasteiger partial charge < -0.3 is 36.6 Å². The molecule has 0 bridgehead atoms. The fraction of sp³-hybridized carbons (Fsp3) is 0.696. The number of allylic oxidation sites excluding steroid dienone is 2. The minimum Gasteiger partial charge on any atom is -0.512 e. The molecule has 0 aromatic rings. The number of aliphatic hydroxyl groups is 2. The number of rotatable bonds is 9. The lowest BCUT2D eigenvalue weighted by Crippen LogP contribution is -2.58. The molecule has 186 valence electrons. The van der Waals surface area contributed by atoms with E-state index < -0.39 is 29.5 Å². The third kappa shape index (κ3) is 6.70. The van der Waals surface area contributed by atoms with Gasteiger partial charge in [-0.2, -0.15) is 0 Å². The molecule has 0 aromatic carbocycles. The smallest absolute Gasteiger partial charge is 0.248 e. The first kappa shape index (κ1) is 26.7. The maximum absolute atomic E-state index is 13.6. The van der Waals surface area contributed by atoms with Crippen LogP contribution in [0.5, 0.6) is 0 Å².